The standard InChI is InChI=1S/C17H20ClN5O/c18-14-8-4-10-21-15(14)9-5-11-23(16(19)20)17(24)22-12-13-6-2-1-3-7-13/h1-4,6-8,10H,5,9,11-12H2,(H3,19,20)(H,22,24). The minimum Gasteiger partial charge on any atom is -0.370 e. The van der Waals surface area contributed by atoms with Crippen LogP contribution < -0.4 is 11.1 Å². The van der Waals surface area contributed by atoms with Gasteiger partial charge in [-0.15, -0.1) is 0 Å². The van der Waals surface area contributed by atoms with E-state index in [4.69, 9.17) is 22.7 Å². The van der Waals surface area contributed by atoms with E-state index in [1.807, 2.05) is 30.3 Å². The highest BCUT2D eigenvalue weighted by Gasteiger charge is 2.16. The van der Waals surface area contributed by atoms with E-state index in [2.05, 4.69) is 10.3 Å². The van der Waals surface area contributed by atoms with Gasteiger partial charge < -0.3 is 11.1 Å². The molecule has 24 heavy (non-hydrogen) atoms. The minimum atomic E-state index is -0.390. The number of nitrogens with two attached hydrogens (primary N) is 1. The Balaban J connectivity index is 1.85. The summed E-state index contributed by atoms with van der Waals surface area (Å²) in [5.41, 5.74) is 7.27. The first-order valence-corrected chi connectivity index (χ1v) is 7.98. The number of urea groups is 1. The Morgan fingerprint density at radius 3 is 2.67 bits per heavy atom. The highest BCUT2D eigenvalue weighted by Crippen LogP contribution is 2.14. The Hall–Kier alpha value is -2.60. The second kappa shape index (κ2) is 8.88. The van der Waals surface area contributed by atoms with Crippen molar-refractivity contribution in [2.75, 3.05) is 6.54 Å². The summed E-state index contributed by atoms with van der Waals surface area (Å²) >= 11 is 6.06. The van der Waals surface area contributed by atoms with E-state index < -0.39 is 6.03 Å². The van der Waals surface area contributed by atoms with Crippen LogP contribution in [0.5, 0.6) is 0 Å². The number of amides is 2. The molecule has 0 saturated heterocycles. The molecule has 0 aliphatic carbocycles. The van der Waals surface area contributed by atoms with Crippen LogP contribution in [0.25, 0.3) is 0 Å². The molecule has 7 heteroatoms. The van der Waals surface area contributed by atoms with Gasteiger partial charge in [0.25, 0.3) is 0 Å². The normalized spacial score (nSPS) is 10.2. The molecule has 4 N–H and O–H groups in total. The van der Waals surface area contributed by atoms with Crippen molar-refractivity contribution in [1.82, 2.24) is 15.2 Å². The summed E-state index contributed by atoms with van der Waals surface area (Å²) in [6.45, 7) is 0.707. The van der Waals surface area contributed by atoms with E-state index in [1.54, 1.807) is 18.3 Å². The zero-order valence-corrected chi connectivity index (χ0v) is 14.0. The summed E-state index contributed by atoms with van der Waals surface area (Å²) in [5, 5.41) is 11.0. The molecule has 0 aliphatic rings. The molecule has 1 aromatic carbocycles. The Kier molecular flexibility index (Phi) is 6.57. The van der Waals surface area contributed by atoms with Crippen molar-refractivity contribution in [1.29, 1.82) is 5.41 Å². The Labute approximate surface area is 146 Å². The first kappa shape index (κ1) is 17.7. The van der Waals surface area contributed by atoms with Crippen molar-refractivity contribution in [3.63, 3.8) is 0 Å². The van der Waals surface area contributed by atoms with Crippen molar-refractivity contribution in [2.45, 2.75) is 19.4 Å². The number of nitrogens with zero attached hydrogens (tertiary/aromatic N) is 2. The molecule has 0 bridgehead atoms. The number of hydrogen-bond acceptors (Lipinski definition) is 3. The summed E-state index contributed by atoms with van der Waals surface area (Å²) < 4.78 is 0. The Bertz CT molecular complexity index is 692. The number of halogens is 1. The molecule has 126 valence electrons. The molecule has 0 unspecified atom stereocenters. The first-order chi connectivity index (χ1) is 11.6. The summed E-state index contributed by atoms with van der Waals surface area (Å²) in [4.78, 5) is 17.6. The summed E-state index contributed by atoms with van der Waals surface area (Å²) in [6, 6.07) is 12.7. The average Bonchev–Trinajstić information content (AvgIpc) is 2.58. The largest absolute Gasteiger partial charge is 0.370 e. The predicted molar refractivity (Wildman–Crippen MR) is 94.9 cm³/mol. The molecular weight excluding hydrogens is 326 g/mol. The summed E-state index contributed by atoms with van der Waals surface area (Å²) in [6.07, 6.45) is 2.89. The number of aromatic nitrogens is 1. The molecule has 0 spiro atoms. The predicted octanol–water partition coefficient (Wildman–Crippen LogP) is 2.77. The van der Waals surface area contributed by atoms with Gasteiger partial charge in [-0.2, -0.15) is 0 Å². The van der Waals surface area contributed by atoms with Crippen molar-refractivity contribution in [3.8, 4) is 0 Å². The van der Waals surface area contributed by atoms with Gasteiger partial charge in [0.1, 0.15) is 0 Å². The van der Waals surface area contributed by atoms with Gasteiger partial charge in [-0.3, -0.25) is 15.3 Å². The molecule has 2 aromatic rings. The van der Waals surface area contributed by atoms with E-state index in [-0.39, 0.29) is 5.96 Å². The lowest BCUT2D eigenvalue weighted by Gasteiger charge is -2.21. The van der Waals surface area contributed by atoms with Gasteiger partial charge >= 0.3 is 6.03 Å². The smallest absolute Gasteiger partial charge is 0.324 e. The van der Waals surface area contributed by atoms with Crippen LogP contribution in [0.3, 0.4) is 0 Å². The number of carbonyl (C=O) groups excluding carboxylic acids is 1. The van der Waals surface area contributed by atoms with Gasteiger partial charge in [0.15, 0.2) is 5.96 Å². The fourth-order valence-electron chi connectivity index (χ4n) is 2.21. The van der Waals surface area contributed by atoms with Gasteiger partial charge in [-0.25, -0.2) is 4.79 Å². The van der Waals surface area contributed by atoms with E-state index >= 15 is 0 Å². The fourth-order valence-corrected chi connectivity index (χ4v) is 2.42. The molecule has 0 radical (unpaired) electrons. The van der Waals surface area contributed by atoms with Crippen LogP contribution in [0, 0.1) is 5.41 Å². The molecule has 1 aromatic heterocycles. The highest BCUT2D eigenvalue weighted by atomic mass is 35.5. The fraction of sp³-hybridized carbons (Fsp3) is 0.235. The molecule has 2 rings (SSSR count). The van der Waals surface area contributed by atoms with Gasteiger partial charge in [0.2, 0.25) is 0 Å². The zero-order valence-electron chi connectivity index (χ0n) is 13.2. The topological polar surface area (TPSA) is 95.1 Å². The van der Waals surface area contributed by atoms with Crippen LogP contribution in [0.15, 0.2) is 48.7 Å². The van der Waals surface area contributed by atoms with Gasteiger partial charge in [0, 0.05) is 19.3 Å². The maximum atomic E-state index is 12.2. The number of rotatable bonds is 6. The molecule has 1 heterocycles. The van der Waals surface area contributed by atoms with Gasteiger partial charge in [0.05, 0.1) is 10.7 Å². The lowest BCUT2D eigenvalue weighted by atomic mass is 10.2. The number of carbonyl (C=O) groups is 1. The lowest BCUT2D eigenvalue weighted by molar-refractivity contribution is 0.219. The molecule has 0 saturated carbocycles. The second-order valence-electron chi connectivity index (χ2n) is 5.22. The average molecular weight is 346 g/mol. The van der Waals surface area contributed by atoms with Crippen LogP contribution in [0.2, 0.25) is 5.02 Å². The number of guanidine groups is 1. The number of nitrogens with one attached hydrogen (secondary N) is 2. The van der Waals surface area contributed by atoms with Gasteiger partial charge in [-0.1, -0.05) is 41.9 Å². The second-order valence-corrected chi connectivity index (χ2v) is 5.62. The maximum absolute atomic E-state index is 12.2. The molecule has 6 nitrogen and oxygen atoms in total. The first-order valence-electron chi connectivity index (χ1n) is 7.60. The van der Waals surface area contributed by atoms with Crippen LogP contribution in [-0.4, -0.2) is 28.4 Å². The zero-order chi connectivity index (χ0) is 17.4. The van der Waals surface area contributed by atoms with Gasteiger partial charge in [-0.05, 0) is 30.5 Å². The molecule has 0 aliphatic heterocycles. The lowest BCUT2D eigenvalue weighted by Crippen LogP contribution is -2.47. The highest BCUT2D eigenvalue weighted by molar-refractivity contribution is 6.31. The van der Waals surface area contributed by atoms with E-state index in [9.17, 15) is 4.79 Å². The SMILES string of the molecule is N=C(N)N(CCCc1ncccc1Cl)C(=O)NCc1ccccc1. The third kappa shape index (κ3) is 5.24. The van der Waals surface area contributed by atoms with Crippen LogP contribution in [-0.2, 0) is 13.0 Å². The maximum Gasteiger partial charge on any atom is 0.324 e. The molecular formula is C17H20ClN5O. The van der Waals surface area contributed by atoms with Crippen molar-refractivity contribution >= 4 is 23.6 Å². The molecule has 0 fully saturated rings. The van der Waals surface area contributed by atoms with Crippen molar-refractivity contribution < 1.29 is 4.79 Å². The summed E-state index contributed by atoms with van der Waals surface area (Å²) in [7, 11) is 0. The van der Waals surface area contributed by atoms with Crippen LogP contribution in [0.4, 0.5) is 4.79 Å². The summed E-state index contributed by atoms with van der Waals surface area (Å²) in [5.74, 6) is -0.285. The number of benzene rings is 1. The third-order valence-corrected chi connectivity index (χ3v) is 3.80. The number of pyridine rings is 1. The quantitative estimate of drug-likeness (QED) is 0.555. The van der Waals surface area contributed by atoms with E-state index in [0.29, 0.717) is 31.0 Å². The monoisotopic (exact) mass is 345 g/mol. The number of aryl methyl sites for hydroxylation is 1. The molecule has 2 amide bonds. The van der Waals surface area contributed by atoms with Crippen LogP contribution >= 0.6 is 11.6 Å². The Morgan fingerprint density at radius 1 is 1.25 bits per heavy atom. The number of hydrogen-bond donors (Lipinski definition) is 3. The van der Waals surface area contributed by atoms with Crippen LogP contribution in [0.1, 0.15) is 17.7 Å². The molecule has 0 atom stereocenters. The van der Waals surface area contributed by atoms with E-state index in [0.717, 1.165) is 11.3 Å². The third-order valence-electron chi connectivity index (χ3n) is 3.45. The Morgan fingerprint density at radius 2 is 2.00 bits per heavy atom. The minimum absolute atomic E-state index is 0.285. The van der Waals surface area contributed by atoms with E-state index in [1.165, 1.54) is 4.90 Å². The van der Waals surface area contributed by atoms with Crippen molar-refractivity contribution in [3.05, 3.63) is 64.9 Å². The van der Waals surface area contributed by atoms with Crippen molar-refractivity contribution in [2.24, 2.45) is 5.73 Å².